The van der Waals surface area contributed by atoms with Crippen LogP contribution in [0.2, 0.25) is 0 Å². The van der Waals surface area contributed by atoms with E-state index < -0.39 is 58.9 Å². The summed E-state index contributed by atoms with van der Waals surface area (Å²) in [6.45, 7) is 17.1. The molecule has 1 fully saturated rings. The van der Waals surface area contributed by atoms with Gasteiger partial charge in [0.2, 0.25) is 29.5 Å². The quantitative estimate of drug-likeness (QED) is 0.0555. The summed E-state index contributed by atoms with van der Waals surface area (Å²) in [7, 11) is 1.70. The zero-order valence-corrected chi connectivity index (χ0v) is 50.5. The number of carbonyl (C=O) groups excluding carboxylic acids is 8. The first kappa shape index (κ1) is 60.9. The van der Waals surface area contributed by atoms with Gasteiger partial charge in [0.1, 0.15) is 23.9 Å². The maximum Gasteiger partial charge on any atom is 0.326 e. The molecule has 4 aliphatic rings. The molecule has 9 atom stereocenters. The first-order valence-electron chi connectivity index (χ1n) is 30.2. The van der Waals surface area contributed by atoms with E-state index in [1.54, 1.807) is 60.3 Å². The highest BCUT2D eigenvalue weighted by Crippen LogP contribution is 2.37. The molecule has 5 aromatic rings. The topological polar surface area (TPSA) is 220 Å². The molecule has 1 saturated heterocycles. The molecule has 1 aromatic heterocycles. The number of nitrogens with zero attached hydrogens (tertiary/aromatic N) is 3. The van der Waals surface area contributed by atoms with E-state index in [0.717, 1.165) is 60.8 Å². The molecule has 9 rings (SSSR count). The summed E-state index contributed by atoms with van der Waals surface area (Å²) in [4.78, 5) is 118. The van der Waals surface area contributed by atoms with Crippen molar-refractivity contribution in [2.24, 2.45) is 22.7 Å². The van der Waals surface area contributed by atoms with E-state index >= 15 is 4.79 Å². The Bertz CT molecular complexity index is 3340. The summed E-state index contributed by atoms with van der Waals surface area (Å²) in [6.07, 6.45) is 7.70. The van der Waals surface area contributed by atoms with Crippen molar-refractivity contribution >= 4 is 63.8 Å². The lowest BCUT2D eigenvalue weighted by molar-refractivity contribution is -0.147. The van der Waals surface area contributed by atoms with Crippen molar-refractivity contribution in [2.75, 3.05) is 18.9 Å². The summed E-state index contributed by atoms with van der Waals surface area (Å²) < 4.78 is 1.42. The van der Waals surface area contributed by atoms with Crippen molar-refractivity contribution < 1.29 is 38.4 Å². The number of rotatable bonds is 16. The van der Waals surface area contributed by atoms with Crippen molar-refractivity contribution in [3.05, 3.63) is 136 Å². The number of ketones is 1. The Labute approximate surface area is 494 Å². The lowest BCUT2D eigenvalue weighted by atomic mass is 9.76. The van der Waals surface area contributed by atoms with E-state index in [1.807, 2.05) is 97.9 Å². The smallest absolute Gasteiger partial charge is 0.326 e. The zero-order valence-electron chi connectivity index (χ0n) is 50.5. The minimum absolute atomic E-state index is 0.0183. The number of amides is 7. The normalized spacial score (nSPS) is 20.9. The maximum atomic E-state index is 15.0. The number of aromatic nitrogens is 1. The fourth-order valence-corrected chi connectivity index (χ4v) is 12.7. The summed E-state index contributed by atoms with van der Waals surface area (Å²) in [5.41, 5.74) is 5.98. The van der Waals surface area contributed by atoms with Crippen LogP contribution in [0.5, 0.6) is 0 Å². The summed E-state index contributed by atoms with van der Waals surface area (Å²) in [5, 5.41) is 19.2. The van der Waals surface area contributed by atoms with Crippen LogP contribution >= 0.6 is 0 Å². The van der Waals surface area contributed by atoms with Gasteiger partial charge in [0.05, 0.1) is 29.7 Å². The third-order valence-electron chi connectivity index (χ3n) is 18.1. The number of hydrogen-bond donors (Lipinski definition) is 6. The Balaban J connectivity index is 0.940. The van der Waals surface area contributed by atoms with E-state index in [0.29, 0.717) is 28.6 Å². The van der Waals surface area contributed by atoms with E-state index in [-0.39, 0.29) is 85.7 Å². The highest BCUT2D eigenvalue weighted by Gasteiger charge is 2.47. The summed E-state index contributed by atoms with van der Waals surface area (Å²) >= 11 is 0. The molecule has 4 aromatic carbocycles. The zero-order chi connectivity index (χ0) is 60.4. The standard InChI is InChI=1S/C67H85N9O8/c1-11-39(2)59(78)73-58(67(7,8)9)64(83)75-37-44-33-45(30-29-43(44)34-55(75)61(80)71-52-26-16-21-41-19-12-14-23-47(41)52)69-60(79)50-25-18-28-54-49(50)31-32-74(54)65(84)70-46-35-56(62(81)72-53-27-17-22-42-20-13-15-24-48(42)53)76(38-46)63(82)51(66(4,5)6)36-57(77)40(3)68-10/h12-15,18-20,23-25,28-33,39-40,46,51-53,55-56,58,68H,11,16-17,21-22,26-27,34-38H2,1-10H3,(H,69,79)(H,70,84)(H,71,80)(H,72,81)(H,73,78)/t39-,40+,46?,51-,52?,53?,55+,56+,58-/m1/s1. The van der Waals surface area contributed by atoms with Crippen LogP contribution in [0, 0.1) is 22.7 Å². The number of Topliss-reactive ketones (excluding diaryl/α,β-unsaturated/α-hetero) is 1. The van der Waals surface area contributed by atoms with Gasteiger partial charge in [0.15, 0.2) is 0 Å². The molecule has 0 bridgehead atoms. The minimum Gasteiger partial charge on any atom is -0.347 e. The van der Waals surface area contributed by atoms with E-state index in [2.05, 4.69) is 50.1 Å². The fraction of sp³-hybridized carbons (Fsp3) is 0.493. The molecule has 3 unspecified atom stereocenters. The van der Waals surface area contributed by atoms with Crippen molar-refractivity contribution in [1.29, 1.82) is 0 Å². The van der Waals surface area contributed by atoms with Crippen LogP contribution in [0.25, 0.3) is 10.9 Å². The highest BCUT2D eigenvalue weighted by molar-refractivity contribution is 6.13. The number of likely N-dealkylation sites (N-methyl/N-ethyl adjacent to an activating group) is 1. The first-order chi connectivity index (χ1) is 39.9. The molecule has 6 N–H and O–H groups in total. The molecule has 84 heavy (non-hydrogen) atoms. The lowest BCUT2D eigenvalue weighted by Crippen LogP contribution is -2.61. The van der Waals surface area contributed by atoms with Crippen LogP contribution in [0.4, 0.5) is 10.5 Å². The molecule has 3 heterocycles. The molecule has 2 aliphatic heterocycles. The maximum absolute atomic E-state index is 15.0. The number of anilines is 1. The molecule has 17 heteroatoms. The number of benzene rings is 4. The predicted molar refractivity (Wildman–Crippen MR) is 325 cm³/mol. The molecular weight excluding hydrogens is 1060 g/mol. The second kappa shape index (κ2) is 25.3. The van der Waals surface area contributed by atoms with Gasteiger partial charge in [-0.1, -0.05) is 116 Å². The Hall–Kier alpha value is -7.66. The predicted octanol–water partition coefficient (Wildman–Crippen LogP) is 8.87. The second-order valence-electron chi connectivity index (χ2n) is 26.0. The van der Waals surface area contributed by atoms with Gasteiger partial charge in [-0.15, -0.1) is 0 Å². The van der Waals surface area contributed by atoms with Gasteiger partial charge in [-0.25, -0.2) is 4.79 Å². The number of fused-ring (bicyclic) bond motifs is 4. The first-order valence-corrected chi connectivity index (χ1v) is 30.2. The third kappa shape index (κ3) is 13.2. The van der Waals surface area contributed by atoms with Crippen LogP contribution < -0.4 is 31.9 Å². The van der Waals surface area contributed by atoms with E-state index in [1.165, 1.54) is 15.7 Å². The Morgan fingerprint density at radius 2 is 1.30 bits per heavy atom. The van der Waals surface area contributed by atoms with Crippen LogP contribution in [0.3, 0.4) is 0 Å². The number of carbonyl (C=O) groups is 8. The molecule has 2 aliphatic carbocycles. The average molecular weight is 1140 g/mol. The summed E-state index contributed by atoms with van der Waals surface area (Å²) in [5.74, 6) is -3.14. The van der Waals surface area contributed by atoms with Crippen LogP contribution in [-0.2, 0) is 54.6 Å². The fourth-order valence-electron chi connectivity index (χ4n) is 12.7. The van der Waals surface area contributed by atoms with Crippen molar-refractivity contribution in [3.63, 3.8) is 0 Å². The largest absolute Gasteiger partial charge is 0.347 e. The lowest BCUT2D eigenvalue weighted by Gasteiger charge is -2.42. The molecule has 0 saturated carbocycles. The van der Waals surface area contributed by atoms with E-state index in [4.69, 9.17) is 0 Å². The molecule has 0 radical (unpaired) electrons. The van der Waals surface area contributed by atoms with Crippen molar-refractivity contribution in [3.8, 4) is 0 Å². The molecular formula is C67H85N9O8. The van der Waals surface area contributed by atoms with Gasteiger partial charge in [0.25, 0.3) is 5.91 Å². The van der Waals surface area contributed by atoms with Crippen molar-refractivity contribution in [1.82, 2.24) is 41.0 Å². The minimum atomic E-state index is -0.934. The van der Waals surface area contributed by atoms with Gasteiger partial charge in [-0.2, -0.15) is 0 Å². The molecule has 0 spiro atoms. The number of nitrogens with one attached hydrogen (secondary N) is 6. The van der Waals surface area contributed by atoms with Crippen LogP contribution in [0.15, 0.2) is 97.2 Å². The Morgan fingerprint density at radius 1 is 0.667 bits per heavy atom. The monoisotopic (exact) mass is 1140 g/mol. The molecule has 7 amide bonds. The number of likely N-dealkylation sites (tertiary alicyclic amines) is 1. The van der Waals surface area contributed by atoms with E-state index in [9.17, 15) is 33.6 Å². The molecule has 17 nitrogen and oxygen atoms in total. The second-order valence-corrected chi connectivity index (χ2v) is 26.0. The number of aryl methyl sites for hydroxylation is 2. The van der Waals surface area contributed by atoms with Gasteiger partial charge >= 0.3 is 6.03 Å². The highest BCUT2D eigenvalue weighted by atomic mass is 16.2. The van der Waals surface area contributed by atoms with Gasteiger partial charge in [-0.05, 0) is 140 Å². The van der Waals surface area contributed by atoms with Crippen LogP contribution in [0.1, 0.15) is 163 Å². The Kier molecular flexibility index (Phi) is 18.3. The SMILES string of the molecule is CC[C@@H](C)C(=O)N[C@H](C(=O)N1Cc2cc(NC(=O)c3cccc4c3ccn4C(=O)NC3C[C@@H](C(=O)NC4CCCc5ccccc54)N(C(=O)[C@@H](CC(=O)[C@H](C)NC)C(C)(C)C)C3)ccc2C[C@H]1C(=O)NC1CCCc2ccccc21)C(C)(C)C. The van der Waals surface area contributed by atoms with Gasteiger partial charge in [0, 0.05) is 60.6 Å². The third-order valence-corrected chi connectivity index (χ3v) is 18.1. The number of hydrogen-bond acceptors (Lipinski definition) is 9. The van der Waals surface area contributed by atoms with Gasteiger partial charge in [-0.3, -0.25) is 38.1 Å². The van der Waals surface area contributed by atoms with Crippen molar-refractivity contribution in [2.45, 2.75) is 175 Å². The molecule has 446 valence electrons. The van der Waals surface area contributed by atoms with Gasteiger partial charge < -0.3 is 41.7 Å². The van der Waals surface area contributed by atoms with Crippen LogP contribution in [-0.4, -0.2) is 105 Å². The Morgan fingerprint density at radius 3 is 1.90 bits per heavy atom. The summed E-state index contributed by atoms with van der Waals surface area (Å²) in [6, 6.07) is 23.7. The average Bonchev–Trinajstić information content (AvgIpc) is 1.81.